The van der Waals surface area contributed by atoms with E-state index in [0.717, 1.165) is 39.3 Å². The number of anilines is 3. The van der Waals surface area contributed by atoms with Gasteiger partial charge in [-0.2, -0.15) is 0 Å². The maximum atomic E-state index is 5.07. The van der Waals surface area contributed by atoms with Gasteiger partial charge in [-0.15, -0.1) is 0 Å². The van der Waals surface area contributed by atoms with E-state index in [1.165, 1.54) is 27.5 Å². The summed E-state index contributed by atoms with van der Waals surface area (Å²) in [5.74, 6) is 1.91. The molecule has 47 heavy (non-hydrogen) atoms. The number of para-hydroxylation sites is 1. The Hall–Kier alpha value is -6.39. The van der Waals surface area contributed by atoms with Crippen LogP contribution < -0.4 is 4.90 Å². The van der Waals surface area contributed by atoms with Crippen LogP contribution in [0.4, 0.5) is 17.1 Å². The Morgan fingerprint density at radius 1 is 0.340 bits per heavy atom. The third-order valence-electron chi connectivity index (χ3n) is 8.84. The Morgan fingerprint density at radius 3 is 1.57 bits per heavy atom. The van der Waals surface area contributed by atoms with Crippen LogP contribution in [0.3, 0.4) is 0 Å². The number of aromatic nitrogens is 3. The summed E-state index contributed by atoms with van der Waals surface area (Å²) in [7, 11) is 0. The summed E-state index contributed by atoms with van der Waals surface area (Å²) < 4.78 is 0. The van der Waals surface area contributed by atoms with Crippen molar-refractivity contribution in [2.45, 2.75) is 0 Å². The van der Waals surface area contributed by atoms with Gasteiger partial charge in [-0.1, -0.05) is 146 Å². The van der Waals surface area contributed by atoms with Gasteiger partial charge in [-0.25, -0.2) is 15.0 Å². The SMILES string of the molecule is c1ccc(-c2ccc(-c3nc(-c4ccccc4)nc(-c4cccc(N5c6ccccc6-c6cccc7cccc5c67)c4)n3)cc2)cc1. The predicted molar refractivity (Wildman–Crippen MR) is 193 cm³/mol. The molecule has 1 aromatic heterocycles. The first kappa shape index (κ1) is 27.0. The summed E-state index contributed by atoms with van der Waals surface area (Å²) in [4.78, 5) is 17.4. The Morgan fingerprint density at radius 2 is 0.830 bits per heavy atom. The third kappa shape index (κ3) is 4.75. The molecule has 9 rings (SSSR count). The Kier molecular flexibility index (Phi) is 6.43. The molecule has 4 nitrogen and oxygen atoms in total. The van der Waals surface area contributed by atoms with E-state index in [0.29, 0.717) is 17.5 Å². The standard InChI is InChI=1S/C43H28N4/c1-3-12-29(13-4-1)30-24-26-33(27-25-30)42-44-41(32-14-5-2-6-15-32)45-43(46-42)34-18-9-19-35(28-34)47-38-22-8-7-20-36(38)37-21-10-16-31-17-11-23-39(47)40(31)37/h1-28H. The van der Waals surface area contributed by atoms with Crippen LogP contribution in [-0.4, -0.2) is 15.0 Å². The zero-order valence-corrected chi connectivity index (χ0v) is 25.5. The van der Waals surface area contributed by atoms with E-state index in [1.54, 1.807) is 0 Å². The van der Waals surface area contributed by atoms with Crippen LogP contribution >= 0.6 is 0 Å². The number of fused-ring (bicyclic) bond motifs is 2. The summed E-state index contributed by atoms with van der Waals surface area (Å²) in [5.41, 5.74) is 11.0. The monoisotopic (exact) mass is 600 g/mol. The van der Waals surface area contributed by atoms with Crippen molar-refractivity contribution in [2.75, 3.05) is 4.90 Å². The van der Waals surface area contributed by atoms with Gasteiger partial charge in [0.1, 0.15) is 0 Å². The van der Waals surface area contributed by atoms with Crippen molar-refractivity contribution in [3.05, 3.63) is 170 Å². The molecule has 0 radical (unpaired) electrons. The van der Waals surface area contributed by atoms with Crippen LogP contribution in [-0.2, 0) is 0 Å². The highest BCUT2D eigenvalue weighted by atomic mass is 15.2. The lowest BCUT2D eigenvalue weighted by atomic mass is 9.91. The molecular weight excluding hydrogens is 573 g/mol. The highest BCUT2D eigenvalue weighted by Crippen LogP contribution is 2.50. The molecule has 0 fully saturated rings. The molecule has 2 heterocycles. The molecular formula is C43H28N4. The maximum Gasteiger partial charge on any atom is 0.164 e. The quantitative estimate of drug-likeness (QED) is 0.197. The van der Waals surface area contributed by atoms with E-state index in [4.69, 9.17) is 15.0 Å². The van der Waals surface area contributed by atoms with Crippen LogP contribution in [0, 0.1) is 0 Å². The molecule has 0 N–H and O–H groups in total. The largest absolute Gasteiger partial charge is 0.309 e. The number of rotatable bonds is 5. The van der Waals surface area contributed by atoms with Crippen molar-refractivity contribution >= 4 is 27.8 Å². The molecule has 1 aliphatic heterocycles. The maximum absolute atomic E-state index is 5.07. The topological polar surface area (TPSA) is 41.9 Å². The molecule has 7 aromatic carbocycles. The number of benzene rings is 7. The van der Waals surface area contributed by atoms with Gasteiger partial charge in [-0.05, 0) is 46.3 Å². The molecule has 0 aliphatic carbocycles. The average Bonchev–Trinajstić information content (AvgIpc) is 3.16. The van der Waals surface area contributed by atoms with Crippen LogP contribution in [0.2, 0.25) is 0 Å². The van der Waals surface area contributed by atoms with E-state index < -0.39 is 0 Å². The van der Waals surface area contributed by atoms with Gasteiger partial charge in [0, 0.05) is 33.3 Å². The molecule has 220 valence electrons. The second-order valence-electron chi connectivity index (χ2n) is 11.7. The fraction of sp³-hybridized carbons (Fsp3) is 0. The first-order valence-corrected chi connectivity index (χ1v) is 15.8. The summed E-state index contributed by atoms with van der Waals surface area (Å²) in [6.07, 6.45) is 0. The van der Waals surface area contributed by atoms with Gasteiger partial charge in [0.25, 0.3) is 0 Å². The second kappa shape index (κ2) is 11.2. The molecule has 0 saturated heterocycles. The van der Waals surface area contributed by atoms with Crippen LogP contribution in [0.1, 0.15) is 0 Å². The zero-order chi connectivity index (χ0) is 31.2. The number of nitrogens with zero attached hydrogens (tertiary/aromatic N) is 4. The van der Waals surface area contributed by atoms with E-state index in [2.05, 4.69) is 138 Å². The molecule has 0 unspecified atom stereocenters. The smallest absolute Gasteiger partial charge is 0.164 e. The molecule has 0 saturated carbocycles. The van der Waals surface area contributed by atoms with Gasteiger partial charge in [-0.3, -0.25) is 0 Å². The molecule has 0 bridgehead atoms. The van der Waals surface area contributed by atoms with Gasteiger partial charge < -0.3 is 4.90 Å². The lowest BCUT2D eigenvalue weighted by molar-refractivity contribution is 1.07. The van der Waals surface area contributed by atoms with Crippen LogP contribution in [0.15, 0.2) is 170 Å². The van der Waals surface area contributed by atoms with Crippen molar-refractivity contribution in [1.82, 2.24) is 15.0 Å². The lowest BCUT2D eigenvalue weighted by Gasteiger charge is -2.33. The van der Waals surface area contributed by atoms with Gasteiger partial charge in [0.2, 0.25) is 0 Å². The molecule has 0 atom stereocenters. The average molecular weight is 601 g/mol. The van der Waals surface area contributed by atoms with Gasteiger partial charge in [0.05, 0.1) is 11.4 Å². The molecule has 0 spiro atoms. The van der Waals surface area contributed by atoms with Crippen molar-refractivity contribution < 1.29 is 0 Å². The van der Waals surface area contributed by atoms with Gasteiger partial charge in [0.15, 0.2) is 17.5 Å². The van der Waals surface area contributed by atoms with Crippen molar-refractivity contribution in [3.8, 4) is 56.4 Å². The minimum Gasteiger partial charge on any atom is -0.309 e. The summed E-state index contributed by atoms with van der Waals surface area (Å²) in [6.45, 7) is 0. The first-order valence-electron chi connectivity index (χ1n) is 15.8. The Labute approximate surface area is 273 Å². The Bertz CT molecular complexity index is 2400. The summed E-state index contributed by atoms with van der Waals surface area (Å²) >= 11 is 0. The Balaban J connectivity index is 1.19. The summed E-state index contributed by atoms with van der Waals surface area (Å²) in [5, 5.41) is 2.48. The number of hydrogen-bond donors (Lipinski definition) is 0. The van der Waals surface area contributed by atoms with E-state index in [9.17, 15) is 0 Å². The number of hydrogen-bond acceptors (Lipinski definition) is 4. The second-order valence-corrected chi connectivity index (χ2v) is 11.7. The third-order valence-corrected chi connectivity index (χ3v) is 8.84. The highest BCUT2D eigenvalue weighted by molar-refractivity contribution is 6.13. The molecule has 1 aliphatic rings. The molecule has 8 aromatic rings. The van der Waals surface area contributed by atoms with Gasteiger partial charge >= 0.3 is 0 Å². The van der Waals surface area contributed by atoms with Crippen molar-refractivity contribution in [1.29, 1.82) is 0 Å². The minimum absolute atomic E-state index is 0.631. The highest BCUT2D eigenvalue weighted by Gasteiger charge is 2.26. The van der Waals surface area contributed by atoms with E-state index in [-0.39, 0.29) is 0 Å². The normalized spacial score (nSPS) is 11.8. The predicted octanol–water partition coefficient (Wildman–Crippen LogP) is 11.1. The lowest BCUT2D eigenvalue weighted by Crippen LogP contribution is -2.15. The van der Waals surface area contributed by atoms with E-state index in [1.807, 2.05) is 36.4 Å². The molecule has 4 heteroatoms. The molecule has 0 amide bonds. The zero-order valence-electron chi connectivity index (χ0n) is 25.5. The van der Waals surface area contributed by atoms with Crippen LogP contribution in [0.5, 0.6) is 0 Å². The fourth-order valence-electron chi connectivity index (χ4n) is 6.61. The fourth-order valence-corrected chi connectivity index (χ4v) is 6.61. The van der Waals surface area contributed by atoms with E-state index >= 15 is 0 Å². The minimum atomic E-state index is 0.631. The first-order chi connectivity index (χ1) is 23.3. The van der Waals surface area contributed by atoms with Crippen molar-refractivity contribution in [2.24, 2.45) is 0 Å². The summed E-state index contributed by atoms with van der Waals surface area (Å²) in [6, 6.07) is 59.2. The van der Waals surface area contributed by atoms with Crippen LogP contribution in [0.25, 0.3) is 67.2 Å². The van der Waals surface area contributed by atoms with Crippen molar-refractivity contribution in [3.63, 3.8) is 0 Å².